The molecule has 2 N–H and O–H groups in total. The molecule has 0 spiro atoms. The molecule has 3 rings (SSSR count). The number of pyridine rings is 1. The molecule has 7 nitrogen and oxygen atoms in total. The van der Waals surface area contributed by atoms with E-state index >= 15 is 0 Å². The zero-order chi connectivity index (χ0) is 17.2. The Morgan fingerprint density at radius 2 is 2.00 bits per heavy atom. The van der Waals surface area contributed by atoms with Crippen molar-refractivity contribution in [3.63, 3.8) is 0 Å². The van der Waals surface area contributed by atoms with Crippen LogP contribution in [0, 0.1) is 0 Å². The summed E-state index contributed by atoms with van der Waals surface area (Å²) >= 11 is 0. The van der Waals surface area contributed by atoms with E-state index in [0.29, 0.717) is 5.56 Å². The van der Waals surface area contributed by atoms with E-state index in [1.165, 1.54) is 30.9 Å². The van der Waals surface area contributed by atoms with Gasteiger partial charge in [0.15, 0.2) is 5.03 Å². The molecule has 1 aliphatic rings. The quantitative estimate of drug-likeness (QED) is 0.865. The second-order valence-electron chi connectivity index (χ2n) is 5.42. The number of fused-ring (bicyclic) bond motifs is 1. The van der Waals surface area contributed by atoms with Gasteiger partial charge in [-0.05, 0) is 43.7 Å². The van der Waals surface area contributed by atoms with Crippen LogP contribution in [0.4, 0.5) is 5.69 Å². The van der Waals surface area contributed by atoms with Gasteiger partial charge >= 0.3 is 0 Å². The van der Waals surface area contributed by atoms with Crippen molar-refractivity contribution < 1.29 is 13.2 Å². The maximum absolute atomic E-state index is 12.4. The third kappa shape index (κ3) is 3.24. The van der Waals surface area contributed by atoms with Crippen LogP contribution >= 0.6 is 0 Å². The second kappa shape index (κ2) is 6.58. The van der Waals surface area contributed by atoms with Gasteiger partial charge in [-0.3, -0.25) is 15.2 Å². The van der Waals surface area contributed by atoms with Gasteiger partial charge in [0.05, 0.1) is 11.3 Å². The van der Waals surface area contributed by atoms with Gasteiger partial charge in [0, 0.05) is 12.7 Å². The van der Waals surface area contributed by atoms with Crippen LogP contribution < -0.4 is 15.2 Å². The minimum absolute atomic E-state index is 0.120. The first-order valence-corrected chi connectivity index (χ1v) is 9.05. The summed E-state index contributed by atoms with van der Waals surface area (Å²) in [4.78, 5) is 16.2. The summed E-state index contributed by atoms with van der Waals surface area (Å²) in [6, 6.07) is 10.7. The fourth-order valence-electron chi connectivity index (χ4n) is 2.62. The molecule has 0 atom stereocenters. The fraction of sp³-hybridized carbons (Fsp3) is 0.250. The van der Waals surface area contributed by atoms with E-state index in [-0.39, 0.29) is 10.9 Å². The average molecular weight is 346 g/mol. The predicted octanol–water partition coefficient (Wildman–Crippen LogP) is 1.09. The lowest BCUT2D eigenvalue weighted by molar-refractivity contribution is 0.0947. The summed E-state index contributed by atoms with van der Waals surface area (Å²) < 4.78 is 25.5. The monoisotopic (exact) mass is 346 g/mol. The Balaban J connectivity index is 1.77. The minimum Gasteiger partial charge on any atom is -0.285 e. The van der Waals surface area contributed by atoms with E-state index in [4.69, 9.17) is 0 Å². The Kier molecular flexibility index (Phi) is 4.50. The molecule has 24 heavy (non-hydrogen) atoms. The Labute approximate surface area is 140 Å². The van der Waals surface area contributed by atoms with Crippen molar-refractivity contribution in [3.05, 3.63) is 53.7 Å². The van der Waals surface area contributed by atoms with E-state index in [2.05, 4.69) is 15.1 Å². The van der Waals surface area contributed by atoms with Gasteiger partial charge in [-0.15, -0.1) is 0 Å². The number of aryl methyl sites for hydroxylation is 1. The number of hydrogen-bond acceptors (Lipinski definition) is 5. The third-order valence-corrected chi connectivity index (χ3v) is 5.22. The van der Waals surface area contributed by atoms with E-state index in [0.717, 1.165) is 25.1 Å². The normalized spacial score (nSPS) is 14.1. The SMILES string of the molecule is CNS(=O)(=O)c1ccc(C(=O)NN2CCCc3ccccc32)cn1. The number of para-hydroxylation sites is 1. The summed E-state index contributed by atoms with van der Waals surface area (Å²) in [5.41, 5.74) is 5.33. The number of nitrogens with one attached hydrogen (secondary N) is 2. The minimum atomic E-state index is -3.61. The summed E-state index contributed by atoms with van der Waals surface area (Å²) in [7, 11) is -2.30. The maximum Gasteiger partial charge on any atom is 0.271 e. The number of benzene rings is 1. The van der Waals surface area contributed by atoms with Crippen LogP contribution in [0.15, 0.2) is 47.6 Å². The van der Waals surface area contributed by atoms with Crippen molar-refractivity contribution in [1.82, 2.24) is 15.1 Å². The highest BCUT2D eigenvalue weighted by molar-refractivity contribution is 7.89. The summed E-state index contributed by atoms with van der Waals surface area (Å²) in [6.07, 6.45) is 3.20. The fourth-order valence-corrected chi connectivity index (χ4v) is 3.26. The van der Waals surface area contributed by atoms with Gasteiger partial charge in [-0.2, -0.15) is 0 Å². The largest absolute Gasteiger partial charge is 0.285 e. The van der Waals surface area contributed by atoms with E-state index in [9.17, 15) is 13.2 Å². The zero-order valence-electron chi connectivity index (χ0n) is 13.2. The number of carbonyl (C=O) groups excluding carboxylic acids is 1. The molecule has 1 amide bonds. The number of hydrogen-bond donors (Lipinski definition) is 2. The van der Waals surface area contributed by atoms with Crippen molar-refractivity contribution in [2.75, 3.05) is 18.6 Å². The van der Waals surface area contributed by atoms with Crippen LogP contribution in [-0.4, -0.2) is 32.9 Å². The number of sulfonamides is 1. The molecule has 1 aromatic heterocycles. The molecule has 2 aromatic rings. The van der Waals surface area contributed by atoms with E-state index in [1.807, 2.05) is 29.3 Å². The second-order valence-corrected chi connectivity index (χ2v) is 7.25. The molecule has 0 unspecified atom stereocenters. The van der Waals surface area contributed by atoms with Crippen LogP contribution in [-0.2, 0) is 16.4 Å². The van der Waals surface area contributed by atoms with Gasteiger partial charge in [0.1, 0.15) is 0 Å². The average Bonchev–Trinajstić information content (AvgIpc) is 2.62. The van der Waals surface area contributed by atoms with Crippen LogP contribution in [0.2, 0.25) is 0 Å². The number of rotatable bonds is 4. The molecule has 0 saturated carbocycles. The lowest BCUT2D eigenvalue weighted by Gasteiger charge is -2.31. The van der Waals surface area contributed by atoms with Crippen LogP contribution in [0.3, 0.4) is 0 Å². The van der Waals surface area contributed by atoms with Crippen molar-refractivity contribution >= 4 is 21.6 Å². The van der Waals surface area contributed by atoms with Crippen LogP contribution in [0.25, 0.3) is 0 Å². The van der Waals surface area contributed by atoms with Crippen molar-refractivity contribution in [2.45, 2.75) is 17.9 Å². The smallest absolute Gasteiger partial charge is 0.271 e. The van der Waals surface area contributed by atoms with Gasteiger partial charge in [-0.25, -0.2) is 18.1 Å². The highest BCUT2D eigenvalue weighted by atomic mass is 32.2. The molecular weight excluding hydrogens is 328 g/mol. The summed E-state index contributed by atoms with van der Waals surface area (Å²) in [5, 5.41) is 1.70. The Bertz CT molecular complexity index is 850. The Morgan fingerprint density at radius 3 is 2.71 bits per heavy atom. The topological polar surface area (TPSA) is 91.4 Å². The standard InChI is InChI=1S/C16H18N4O3S/c1-17-24(22,23)15-9-8-13(11-18-15)16(21)19-20-10-4-6-12-5-2-3-7-14(12)20/h2-3,5,7-9,11,17H,4,6,10H2,1H3,(H,19,21). The van der Waals surface area contributed by atoms with Crippen LogP contribution in [0.5, 0.6) is 0 Å². The molecule has 0 saturated heterocycles. The first-order valence-electron chi connectivity index (χ1n) is 7.57. The maximum atomic E-state index is 12.4. The van der Waals surface area contributed by atoms with E-state index < -0.39 is 10.0 Å². The molecule has 8 heteroatoms. The number of anilines is 1. The molecule has 2 heterocycles. The van der Waals surface area contributed by atoms with Gasteiger partial charge in [0.2, 0.25) is 0 Å². The van der Waals surface area contributed by atoms with Crippen molar-refractivity contribution in [2.24, 2.45) is 0 Å². The highest BCUT2D eigenvalue weighted by Gasteiger charge is 2.19. The summed E-state index contributed by atoms with van der Waals surface area (Å²) in [6.45, 7) is 0.725. The number of aromatic nitrogens is 1. The molecule has 1 aliphatic heterocycles. The molecule has 0 radical (unpaired) electrons. The van der Waals surface area contributed by atoms with E-state index in [1.54, 1.807) is 0 Å². The molecule has 0 bridgehead atoms. The number of nitrogens with zero attached hydrogens (tertiary/aromatic N) is 2. The first kappa shape index (κ1) is 16.4. The lowest BCUT2D eigenvalue weighted by atomic mass is 10.0. The summed E-state index contributed by atoms with van der Waals surface area (Å²) in [5.74, 6) is -0.326. The molecule has 1 aromatic carbocycles. The third-order valence-electron chi connectivity index (χ3n) is 3.89. The number of amides is 1. The van der Waals surface area contributed by atoms with Crippen molar-refractivity contribution in [3.8, 4) is 0 Å². The van der Waals surface area contributed by atoms with Gasteiger partial charge in [-0.1, -0.05) is 18.2 Å². The zero-order valence-corrected chi connectivity index (χ0v) is 14.0. The number of hydrazine groups is 1. The van der Waals surface area contributed by atoms with Gasteiger partial charge in [0.25, 0.3) is 15.9 Å². The van der Waals surface area contributed by atoms with Gasteiger partial charge < -0.3 is 0 Å². The predicted molar refractivity (Wildman–Crippen MR) is 90.1 cm³/mol. The highest BCUT2D eigenvalue weighted by Crippen LogP contribution is 2.25. The number of carbonyl (C=O) groups is 1. The molecule has 0 aliphatic carbocycles. The van der Waals surface area contributed by atoms with Crippen LogP contribution in [0.1, 0.15) is 22.3 Å². The molecule has 126 valence electrons. The first-order chi connectivity index (χ1) is 11.5. The Morgan fingerprint density at radius 1 is 1.21 bits per heavy atom. The molecule has 0 fully saturated rings. The Hall–Kier alpha value is -2.45. The van der Waals surface area contributed by atoms with Crippen molar-refractivity contribution in [1.29, 1.82) is 0 Å². The lowest BCUT2D eigenvalue weighted by Crippen LogP contribution is -2.45. The molecular formula is C16H18N4O3S.